The number of halogens is 1. The average molecular weight is 335 g/mol. The van der Waals surface area contributed by atoms with E-state index in [1.54, 1.807) is 16.9 Å². The first-order valence-corrected chi connectivity index (χ1v) is 7.94. The van der Waals surface area contributed by atoms with Gasteiger partial charge in [0.1, 0.15) is 5.15 Å². The zero-order valence-corrected chi connectivity index (χ0v) is 13.6. The Bertz CT molecular complexity index is 706. The molecule has 0 aliphatic heterocycles. The first-order chi connectivity index (χ1) is 11.0. The van der Waals surface area contributed by atoms with Crippen molar-refractivity contribution in [3.05, 3.63) is 47.0 Å². The van der Waals surface area contributed by atoms with Crippen LogP contribution in [0.4, 0.5) is 0 Å². The average Bonchev–Trinajstić information content (AvgIpc) is 2.92. The number of aromatic nitrogens is 3. The van der Waals surface area contributed by atoms with Gasteiger partial charge in [-0.2, -0.15) is 5.10 Å². The number of amides is 1. The topological polar surface area (TPSA) is 80.0 Å². The molecule has 3 rings (SSSR count). The summed E-state index contributed by atoms with van der Waals surface area (Å²) in [5, 5.41) is 17.4. The quantitative estimate of drug-likeness (QED) is 0.821. The minimum Gasteiger partial charge on any atom is -0.396 e. The molecule has 23 heavy (non-hydrogen) atoms. The van der Waals surface area contributed by atoms with E-state index in [-0.39, 0.29) is 29.1 Å². The van der Waals surface area contributed by atoms with Crippen molar-refractivity contribution in [2.45, 2.75) is 25.3 Å². The maximum Gasteiger partial charge on any atom is 0.251 e. The Morgan fingerprint density at radius 2 is 2.35 bits per heavy atom. The Morgan fingerprint density at radius 3 is 2.87 bits per heavy atom. The molecule has 0 spiro atoms. The molecule has 1 aliphatic carbocycles. The SMILES string of the molecule is Cn1cc(C(NC(=O)c2ccnc(Cl)c2)C2(CO)CCC2)cn1. The lowest BCUT2D eigenvalue weighted by molar-refractivity contribution is 0.00598. The third-order valence-corrected chi connectivity index (χ3v) is 4.81. The second-order valence-corrected chi connectivity index (χ2v) is 6.48. The highest BCUT2D eigenvalue weighted by molar-refractivity contribution is 6.29. The Kier molecular flexibility index (Phi) is 4.37. The van der Waals surface area contributed by atoms with Crippen LogP contribution in [0.2, 0.25) is 5.15 Å². The fourth-order valence-corrected chi connectivity index (χ4v) is 3.28. The second kappa shape index (κ2) is 6.29. The van der Waals surface area contributed by atoms with Gasteiger partial charge < -0.3 is 10.4 Å². The molecule has 2 aromatic rings. The van der Waals surface area contributed by atoms with Crippen LogP contribution >= 0.6 is 11.6 Å². The lowest BCUT2D eigenvalue weighted by Crippen LogP contribution is -2.47. The standard InChI is InChI=1S/C16H19ClN4O2/c1-21-9-12(8-19-21)14(16(10-22)4-2-5-16)20-15(23)11-3-6-18-13(17)7-11/h3,6-9,14,22H,2,4-5,10H2,1H3,(H,20,23). The number of hydrogen-bond acceptors (Lipinski definition) is 4. The van der Waals surface area contributed by atoms with Crippen molar-refractivity contribution in [3.8, 4) is 0 Å². The normalized spacial score (nSPS) is 17.3. The molecule has 2 aromatic heterocycles. The van der Waals surface area contributed by atoms with Gasteiger partial charge in [0.05, 0.1) is 18.8 Å². The molecule has 0 radical (unpaired) electrons. The predicted octanol–water partition coefficient (Wildman–Crippen LogP) is 2.10. The number of carbonyl (C=O) groups is 1. The smallest absolute Gasteiger partial charge is 0.251 e. The van der Waals surface area contributed by atoms with Crippen molar-refractivity contribution in [2.24, 2.45) is 12.5 Å². The van der Waals surface area contributed by atoms with Gasteiger partial charge in [-0.05, 0) is 25.0 Å². The molecule has 122 valence electrons. The fraction of sp³-hybridized carbons (Fsp3) is 0.438. The molecule has 1 saturated carbocycles. The van der Waals surface area contributed by atoms with E-state index in [1.807, 2.05) is 13.2 Å². The van der Waals surface area contributed by atoms with Gasteiger partial charge >= 0.3 is 0 Å². The number of pyridine rings is 1. The third kappa shape index (κ3) is 3.09. The lowest BCUT2D eigenvalue weighted by atomic mass is 9.63. The number of aliphatic hydroxyl groups is 1. The van der Waals surface area contributed by atoms with Crippen molar-refractivity contribution in [2.75, 3.05) is 6.61 Å². The predicted molar refractivity (Wildman–Crippen MR) is 86.0 cm³/mol. The Hall–Kier alpha value is -1.92. The largest absolute Gasteiger partial charge is 0.396 e. The highest BCUT2D eigenvalue weighted by Crippen LogP contribution is 2.49. The summed E-state index contributed by atoms with van der Waals surface area (Å²) in [5.74, 6) is -0.233. The number of hydrogen-bond donors (Lipinski definition) is 2. The molecule has 0 saturated heterocycles. The minimum atomic E-state index is -0.324. The van der Waals surface area contributed by atoms with Crippen molar-refractivity contribution >= 4 is 17.5 Å². The monoisotopic (exact) mass is 334 g/mol. The molecule has 0 aromatic carbocycles. The molecular formula is C16H19ClN4O2. The minimum absolute atomic E-state index is 0.0317. The first kappa shape index (κ1) is 16.0. The number of nitrogens with zero attached hydrogens (tertiary/aromatic N) is 3. The van der Waals surface area contributed by atoms with Crippen LogP contribution in [0.1, 0.15) is 41.2 Å². The van der Waals surface area contributed by atoms with Crippen molar-refractivity contribution < 1.29 is 9.90 Å². The number of nitrogens with one attached hydrogen (secondary N) is 1. The van der Waals surface area contributed by atoms with Gasteiger partial charge in [-0.1, -0.05) is 18.0 Å². The first-order valence-electron chi connectivity index (χ1n) is 7.56. The molecular weight excluding hydrogens is 316 g/mol. The van der Waals surface area contributed by atoms with E-state index in [1.165, 1.54) is 12.3 Å². The molecule has 1 aliphatic rings. The van der Waals surface area contributed by atoms with Gasteiger partial charge in [-0.25, -0.2) is 4.98 Å². The Morgan fingerprint density at radius 1 is 1.57 bits per heavy atom. The van der Waals surface area contributed by atoms with E-state index in [4.69, 9.17) is 11.6 Å². The van der Waals surface area contributed by atoms with Crippen LogP contribution in [0.5, 0.6) is 0 Å². The summed E-state index contributed by atoms with van der Waals surface area (Å²) in [6.07, 6.45) is 7.91. The van der Waals surface area contributed by atoms with E-state index < -0.39 is 0 Å². The summed E-state index contributed by atoms with van der Waals surface area (Å²) in [5.41, 5.74) is 1.02. The van der Waals surface area contributed by atoms with Crippen molar-refractivity contribution in [1.82, 2.24) is 20.1 Å². The molecule has 1 amide bonds. The van der Waals surface area contributed by atoms with Crippen LogP contribution in [-0.4, -0.2) is 32.4 Å². The van der Waals surface area contributed by atoms with Crippen LogP contribution in [0, 0.1) is 5.41 Å². The molecule has 1 fully saturated rings. The van der Waals surface area contributed by atoms with E-state index >= 15 is 0 Å². The maximum absolute atomic E-state index is 12.6. The zero-order chi connectivity index (χ0) is 16.4. The van der Waals surface area contributed by atoms with Crippen LogP contribution in [0.15, 0.2) is 30.7 Å². The van der Waals surface area contributed by atoms with Crippen LogP contribution in [0.3, 0.4) is 0 Å². The third-order valence-electron chi connectivity index (χ3n) is 4.60. The zero-order valence-electron chi connectivity index (χ0n) is 12.9. The van der Waals surface area contributed by atoms with Gasteiger partial charge in [0.25, 0.3) is 5.91 Å². The summed E-state index contributed by atoms with van der Waals surface area (Å²) in [6.45, 7) is 0.0317. The summed E-state index contributed by atoms with van der Waals surface area (Å²) in [4.78, 5) is 16.5. The van der Waals surface area contributed by atoms with E-state index in [0.717, 1.165) is 24.8 Å². The van der Waals surface area contributed by atoms with Gasteiger partial charge in [-0.3, -0.25) is 9.48 Å². The molecule has 6 nitrogen and oxygen atoms in total. The Balaban J connectivity index is 1.88. The number of rotatable bonds is 5. The van der Waals surface area contributed by atoms with Gasteiger partial charge in [0.2, 0.25) is 0 Å². The molecule has 1 atom stereocenters. The van der Waals surface area contributed by atoms with Crippen molar-refractivity contribution in [1.29, 1.82) is 0 Å². The summed E-state index contributed by atoms with van der Waals surface area (Å²) in [6, 6.07) is 2.87. The number of carbonyl (C=O) groups excluding carboxylic acids is 1. The summed E-state index contributed by atoms with van der Waals surface area (Å²) < 4.78 is 1.70. The number of aliphatic hydroxyl groups excluding tert-OH is 1. The fourth-order valence-electron chi connectivity index (χ4n) is 3.11. The van der Waals surface area contributed by atoms with Crippen LogP contribution < -0.4 is 5.32 Å². The van der Waals surface area contributed by atoms with Crippen molar-refractivity contribution in [3.63, 3.8) is 0 Å². The van der Waals surface area contributed by atoms with Gasteiger partial charge in [-0.15, -0.1) is 0 Å². The van der Waals surface area contributed by atoms with E-state index in [9.17, 15) is 9.90 Å². The van der Waals surface area contributed by atoms with Crippen LogP contribution in [-0.2, 0) is 7.05 Å². The summed E-state index contributed by atoms with van der Waals surface area (Å²) in [7, 11) is 1.83. The molecule has 7 heteroatoms. The van der Waals surface area contributed by atoms with Crippen LogP contribution in [0.25, 0.3) is 0 Å². The molecule has 0 bridgehead atoms. The maximum atomic E-state index is 12.6. The second-order valence-electron chi connectivity index (χ2n) is 6.10. The molecule has 1 unspecified atom stereocenters. The highest BCUT2D eigenvalue weighted by Gasteiger charge is 2.45. The van der Waals surface area contributed by atoms with Gasteiger partial charge in [0.15, 0.2) is 0 Å². The van der Waals surface area contributed by atoms with E-state index in [2.05, 4.69) is 15.4 Å². The summed E-state index contributed by atoms with van der Waals surface area (Å²) >= 11 is 5.86. The lowest BCUT2D eigenvalue weighted by Gasteiger charge is -2.46. The number of aryl methyl sites for hydroxylation is 1. The van der Waals surface area contributed by atoms with E-state index in [0.29, 0.717) is 5.56 Å². The molecule has 2 heterocycles. The van der Waals surface area contributed by atoms with Gasteiger partial charge in [0, 0.05) is 36.0 Å². The molecule has 2 N–H and O–H groups in total. The Labute approximate surface area is 139 Å². The highest BCUT2D eigenvalue weighted by atomic mass is 35.5.